The first kappa shape index (κ1) is 16.5. The Morgan fingerprint density at radius 1 is 1.10 bits per heavy atom. The topological polar surface area (TPSA) is 29.3 Å². The highest BCUT2D eigenvalue weighted by atomic mass is 15.2. The summed E-state index contributed by atoms with van der Waals surface area (Å²) in [6, 6.07) is 10.1. The summed E-state index contributed by atoms with van der Waals surface area (Å²) >= 11 is 0. The van der Waals surface area contributed by atoms with Gasteiger partial charge in [-0.2, -0.15) is 0 Å². The van der Waals surface area contributed by atoms with E-state index in [0.29, 0.717) is 6.04 Å². The van der Waals surface area contributed by atoms with Gasteiger partial charge in [0.05, 0.1) is 0 Å². The standard InChI is InChI=1S/C19H32N2/c1-4-16-11-13-17(14-12-16)19(20)15(3)21(5-2)18-9-7-6-8-10-18/h11-15,18-19H,4-10,20H2,1-3H3. The van der Waals surface area contributed by atoms with E-state index in [0.717, 1.165) is 19.0 Å². The molecule has 118 valence electrons. The number of aryl methyl sites for hydroxylation is 1. The summed E-state index contributed by atoms with van der Waals surface area (Å²) in [6.07, 6.45) is 7.96. The van der Waals surface area contributed by atoms with Crippen molar-refractivity contribution in [1.82, 2.24) is 4.90 Å². The predicted molar refractivity (Wildman–Crippen MR) is 91.5 cm³/mol. The third kappa shape index (κ3) is 4.08. The van der Waals surface area contributed by atoms with Gasteiger partial charge >= 0.3 is 0 Å². The highest BCUT2D eigenvalue weighted by molar-refractivity contribution is 5.25. The zero-order valence-corrected chi connectivity index (χ0v) is 14.0. The van der Waals surface area contributed by atoms with Crippen LogP contribution in [0, 0.1) is 0 Å². The van der Waals surface area contributed by atoms with Crippen molar-refractivity contribution in [1.29, 1.82) is 0 Å². The summed E-state index contributed by atoms with van der Waals surface area (Å²) in [5, 5.41) is 0. The van der Waals surface area contributed by atoms with Gasteiger partial charge in [0.25, 0.3) is 0 Å². The van der Waals surface area contributed by atoms with Crippen LogP contribution in [0.5, 0.6) is 0 Å². The van der Waals surface area contributed by atoms with E-state index in [1.54, 1.807) is 0 Å². The van der Waals surface area contributed by atoms with Gasteiger partial charge in [0.15, 0.2) is 0 Å². The maximum atomic E-state index is 6.57. The minimum atomic E-state index is 0.109. The summed E-state index contributed by atoms with van der Waals surface area (Å²) in [7, 11) is 0. The van der Waals surface area contributed by atoms with E-state index in [4.69, 9.17) is 5.73 Å². The first-order valence-corrected chi connectivity index (χ1v) is 8.77. The number of benzene rings is 1. The first-order chi connectivity index (χ1) is 10.2. The highest BCUT2D eigenvalue weighted by Gasteiger charge is 2.27. The second-order valence-corrected chi connectivity index (χ2v) is 6.48. The van der Waals surface area contributed by atoms with Crippen LogP contribution < -0.4 is 5.73 Å². The normalized spacial score (nSPS) is 19.7. The van der Waals surface area contributed by atoms with Crippen LogP contribution in [-0.2, 0) is 6.42 Å². The third-order valence-electron chi connectivity index (χ3n) is 5.22. The van der Waals surface area contributed by atoms with Gasteiger partial charge < -0.3 is 5.73 Å². The van der Waals surface area contributed by atoms with Crippen molar-refractivity contribution in [3.05, 3.63) is 35.4 Å². The Balaban J connectivity index is 2.05. The van der Waals surface area contributed by atoms with Gasteiger partial charge in [-0.25, -0.2) is 0 Å². The molecule has 0 radical (unpaired) electrons. The number of nitrogens with zero attached hydrogens (tertiary/aromatic N) is 1. The molecule has 0 bridgehead atoms. The lowest BCUT2D eigenvalue weighted by atomic mass is 9.91. The first-order valence-electron chi connectivity index (χ1n) is 8.77. The predicted octanol–water partition coefficient (Wildman–Crippen LogP) is 4.29. The maximum absolute atomic E-state index is 6.57. The van der Waals surface area contributed by atoms with Crippen LogP contribution in [-0.4, -0.2) is 23.5 Å². The quantitative estimate of drug-likeness (QED) is 0.846. The van der Waals surface area contributed by atoms with E-state index >= 15 is 0 Å². The molecule has 2 N–H and O–H groups in total. The molecule has 0 aromatic heterocycles. The summed E-state index contributed by atoms with van der Waals surface area (Å²) in [5.74, 6) is 0. The fraction of sp³-hybridized carbons (Fsp3) is 0.684. The average molecular weight is 288 g/mol. The largest absolute Gasteiger partial charge is 0.323 e. The van der Waals surface area contributed by atoms with Crippen LogP contribution in [0.2, 0.25) is 0 Å². The van der Waals surface area contributed by atoms with E-state index in [1.165, 1.54) is 43.2 Å². The van der Waals surface area contributed by atoms with Gasteiger partial charge in [0, 0.05) is 18.1 Å². The minimum Gasteiger partial charge on any atom is -0.323 e. The Morgan fingerprint density at radius 3 is 2.24 bits per heavy atom. The molecule has 21 heavy (non-hydrogen) atoms. The van der Waals surface area contributed by atoms with Gasteiger partial charge in [-0.3, -0.25) is 4.90 Å². The second kappa shape index (κ2) is 7.95. The van der Waals surface area contributed by atoms with Crippen molar-refractivity contribution in [2.75, 3.05) is 6.54 Å². The van der Waals surface area contributed by atoms with Gasteiger partial charge in [-0.15, -0.1) is 0 Å². The second-order valence-electron chi connectivity index (χ2n) is 6.48. The van der Waals surface area contributed by atoms with Crippen molar-refractivity contribution >= 4 is 0 Å². The third-order valence-corrected chi connectivity index (χ3v) is 5.22. The number of likely N-dealkylation sites (N-methyl/N-ethyl adjacent to an activating group) is 1. The molecule has 0 aliphatic heterocycles. The molecular weight excluding hydrogens is 256 g/mol. The molecule has 2 heteroatoms. The molecule has 1 aliphatic carbocycles. The molecule has 0 saturated heterocycles. The van der Waals surface area contributed by atoms with Gasteiger partial charge in [-0.05, 0) is 43.9 Å². The number of rotatable bonds is 6. The van der Waals surface area contributed by atoms with Gasteiger partial charge in [0.1, 0.15) is 0 Å². The monoisotopic (exact) mass is 288 g/mol. The lowest BCUT2D eigenvalue weighted by Gasteiger charge is -2.40. The Bertz CT molecular complexity index is 406. The summed E-state index contributed by atoms with van der Waals surface area (Å²) in [6.45, 7) is 7.88. The van der Waals surface area contributed by atoms with E-state index < -0.39 is 0 Å². The van der Waals surface area contributed by atoms with Crippen LogP contribution in [0.15, 0.2) is 24.3 Å². The molecule has 1 fully saturated rings. The minimum absolute atomic E-state index is 0.109. The van der Waals surface area contributed by atoms with Gasteiger partial charge in [0.2, 0.25) is 0 Å². The summed E-state index contributed by atoms with van der Waals surface area (Å²) < 4.78 is 0. The molecule has 0 amide bonds. The highest BCUT2D eigenvalue weighted by Crippen LogP contribution is 2.27. The Hall–Kier alpha value is -0.860. The molecular formula is C19H32N2. The zero-order chi connectivity index (χ0) is 15.2. The smallest absolute Gasteiger partial charge is 0.0450 e. The van der Waals surface area contributed by atoms with Crippen molar-refractivity contribution in [2.24, 2.45) is 5.73 Å². The van der Waals surface area contributed by atoms with E-state index in [1.807, 2.05) is 0 Å². The molecule has 1 aromatic carbocycles. The molecule has 2 nitrogen and oxygen atoms in total. The van der Waals surface area contributed by atoms with E-state index in [9.17, 15) is 0 Å². The van der Waals surface area contributed by atoms with E-state index in [2.05, 4.69) is 49.9 Å². The Labute approximate surface area is 130 Å². The van der Waals surface area contributed by atoms with Crippen LogP contribution in [0.1, 0.15) is 70.0 Å². The summed E-state index contributed by atoms with van der Waals surface area (Å²) in [4.78, 5) is 2.64. The van der Waals surface area contributed by atoms with Crippen molar-refractivity contribution in [3.8, 4) is 0 Å². The molecule has 2 rings (SSSR count). The Kier molecular flexibility index (Phi) is 6.25. The van der Waals surface area contributed by atoms with Crippen LogP contribution in [0.4, 0.5) is 0 Å². The molecule has 1 saturated carbocycles. The van der Waals surface area contributed by atoms with Gasteiger partial charge in [-0.1, -0.05) is 57.4 Å². The SMILES string of the molecule is CCc1ccc(C(N)C(C)N(CC)C2CCCCC2)cc1. The summed E-state index contributed by atoms with van der Waals surface area (Å²) in [5.41, 5.74) is 9.23. The molecule has 1 aliphatic rings. The zero-order valence-electron chi connectivity index (χ0n) is 14.0. The number of hydrogen-bond acceptors (Lipinski definition) is 2. The van der Waals surface area contributed by atoms with Crippen LogP contribution >= 0.6 is 0 Å². The maximum Gasteiger partial charge on any atom is 0.0450 e. The van der Waals surface area contributed by atoms with Crippen molar-refractivity contribution in [3.63, 3.8) is 0 Å². The lowest BCUT2D eigenvalue weighted by molar-refractivity contribution is 0.104. The average Bonchev–Trinajstić information content (AvgIpc) is 2.56. The lowest BCUT2D eigenvalue weighted by Crippen LogP contribution is -2.47. The van der Waals surface area contributed by atoms with Crippen molar-refractivity contribution in [2.45, 2.75) is 77.4 Å². The fourth-order valence-corrected chi connectivity index (χ4v) is 3.75. The van der Waals surface area contributed by atoms with Crippen molar-refractivity contribution < 1.29 is 0 Å². The van der Waals surface area contributed by atoms with Crippen LogP contribution in [0.25, 0.3) is 0 Å². The molecule has 1 aromatic rings. The van der Waals surface area contributed by atoms with E-state index in [-0.39, 0.29) is 6.04 Å². The molecule has 0 spiro atoms. The molecule has 2 unspecified atom stereocenters. The molecule has 2 atom stereocenters. The van der Waals surface area contributed by atoms with Crippen LogP contribution in [0.3, 0.4) is 0 Å². The number of hydrogen-bond donors (Lipinski definition) is 1. The Morgan fingerprint density at radius 2 is 1.71 bits per heavy atom. The molecule has 0 heterocycles. The fourth-order valence-electron chi connectivity index (χ4n) is 3.75. The number of nitrogens with two attached hydrogens (primary N) is 1.